The monoisotopic (exact) mass is 746 g/mol. The Kier molecular flexibility index (Phi) is 5.48. The number of ether oxygens (including phenoxy) is 1. The first-order chi connectivity index (χ1) is 23.7. The van der Waals surface area contributed by atoms with Gasteiger partial charge in [-0.1, -0.05) is 88.7 Å². The summed E-state index contributed by atoms with van der Waals surface area (Å²) in [5, 5.41) is 7.12. The van der Waals surface area contributed by atoms with Crippen molar-refractivity contribution in [3.8, 4) is 17.1 Å². The number of furan rings is 1. The van der Waals surface area contributed by atoms with Crippen LogP contribution in [0.3, 0.4) is 0 Å². The molecule has 1 aliphatic heterocycles. The highest BCUT2D eigenvalue weighted by molar-refractivity contribution is 9.15. The standard InChI is InChI=1S/C42H24Br2N2O2/c43-39-37-29-21-23(45-31-13-5-1-9-25(31)26-10-2-6-14-32(26)45)17-19-35(29)47-41(37)40(44)42-38(39)30-22-24(18-20-36(30)48-42)46-33-15-7-3-11-27(33)28-12-4-8-16-34(28)46/h1-22,37,41H. The van der Waals surface area contributed by atoms with E-state index in [1.165, 1.54) is 43.6 Å². The molecular formula is C42H24Br2N2O2. The van der Waals surface area contributed by atoms with Crippen LogP contribution in [0.4, 0.5) is 0 Å². The van der Waals surface area contributed by atoms with Crippen LogP contribution in [0, 0.1) is 0 Å². The van der Waals surface area contributed by atoms with Crippen LogP contribution in [0.1, 0.15) is 11.5 Å². The first-order valence-corrected chi connectivity index (χ1v) is 17.6. The van der Waals surface area contributed by atoms with Gasteiger partial charge in [-0.3, -0.25) is 0 Å². The summed E-state index contributed by atoms with van der Waals surface area (Å²) in [5.74, 6) is 0.858. The lowest BCUT2D eigenvalue weighted by molar-refractivity contribution is 0.283. The van der Waals surface area contributed by atoms with E-state index in [-0.39, 0.29) is 12.0 Å². The normalized spacial score (nSPS) is 17.0. The van der Waals surface area contributed by atoms with Crippen LogP contribution in [0.5, 0.6) is 5.75 Å². The molecule has 2 atom stereocenters. The second-order valence-electron chi connectivity index (χ2n) is 12.7. The largest absolute Gasteiger partial charge is 0.484 e. The van der Waals surface area contributed by atoms with Gasteiger partial charge in [-0.15, -0.1) is 0 Å². The van der Waals surface area contributed by atoms with Crippen molar-refractivity contribution in [1.82, 2.24) is 9.13 Å². The third-order valence-corrected chi connectivity index (χ3v) is 11.9. The Morgan fingerprint density at radius 3 is 1.56 bits per heavy atom. The van der Waals surface area contributed by atoms with Crippen molar-refractivity contribution in [1.29, 1.82) is 0 Å². The summed E-state index contributed by atoms with van der Waals surface area (Å²) in [5.41, 5.74) is 9.77. The van der Waals surface area contributed by atoms with Gasteiger partial charge in [0.15, 0.2) is 0 Å². The third kappa shape index (κ3) is 3.49. The molecule has 0 saturated carbocycles. The molecule has 6 aromatic carbocycles. The van der Waals surface area contributed by atoms with Crippen LogP contribution >= 0.6 is 31.9 Å². The van der Waals surface area contributed by atoms with E-state index in [4.69, 9.17) is 9.15 Å². The molecule has 0 N–H and O–H groups in total. The predicted octanol–water partition coefficient (Wildman–Crippen LogP) is 10.2. The van der Waals surface area contributed by atoms with Gasteiger partial charge in [-0.2, -0.15) is 0 Å². The fraction of sp³-hybridized carbons (Fsp3) is 0.0476. The molecular weight excluding hydrogens is 724 g/mol. The molecule has 0 radical (unpaired) electrons. The molecule has 4 nitrogen and oxygen atoms in total. The van der Waals surface area contributed by atoms with Gasteiger partial charge >= 0.3 is 0 Å². The number of fused-ring (bicyclic) bond motifs is 12. The number of aromatic nitrogens is 2. The molecule has 0 bridgehead atoms. The number of benzene rings is 6. The number of nitrogens with zero attached hydrogens (tertiary/aromatic N) is 2. The second kappa shape index (κ2) is 9.75. The van der Waals surface area contributed by atoms with E-state index in [1.54, 1.807) is 0 Å². The summed E-state index contributed by atoms with van der Waals surface area (Å²) in [6.45, 7) is 0. The topological polar surface area (TPSA) is 32.2 Å². The van der Waals surface area contributed by atoms with Crippen molar-refractivity contribution in [2.24, 2.45) is 0 Å². The SMILES string of the molecule is BrC1=c2oc3ccc(-n4c5ccccc5c5ccccc54)cc3c2=C(Br)C2c3cc(-n4c5ccccc5c5ccccc54)ccc3OC12. The molecule has 228 valence electrons. The molecule has 2 unspecified atom stereocenters. The Morgan fingerprint density at radius 2 is 1.00 bits per heavy atom. The van der Waals surface area contributed by atoms with Crippen LogP contribution in [0.25, 0.3) is 74.9 Å². The van der Waals surface area contributed by atoms with Gasteiger partial charge in [0.05, 0.1) is 32.5 Å². The van der Waals surface area contributed by atoms with Gasteiger partial charge in [0.2, 0.25) is 0 Å². The Balaban J connectivity index is 1.13. The molecule has 1 aliphatic carbocycles. The number of rotatable bonds is 2. The van der Waals surface area contributed by atoms with Gasteiger partial charge in [0, 0.05) is 53.6 Å². The minimum Gasteiger partial charge on any atom is -0.484 e. The van der Waals surface area contributed by atoms with Crippen LogP contribution in [0.15, 0.2) is 138 Å². The maximum absolute atomic E-state index is 6.66. The molecule has 48 heavy (non-hydrogen) atoms. The van der Waals surface area contributed by atoms with Crippen molar-refractivity contribution in [3.05, 3.63) is 150 Å². The minimum atomic E-state index is -0.229. The van der Waals surface area contributed by atoms with Crippen molar-refractivity contribution in [2.45, 2.75) is 12.0 Å². The molecule has 4 heterocycles. The van der Waals surface area contributed by atoms with Crippen LogP contribution < -0.4 is 15.4 Å². The van der Waals surface area contributed by atoms with Crippen LogP contribution in [-0.2, 0) is 0 Å². The highest BCUT2D eigenvalue weighted by Crippen LogP contribution is 2.50. The van der Waals surface area contributed by atoms with Crippen molar-refractivity contribution in [3.63, 3.8) is 0 Å². The molecule has 11 rings (SSSR count). The Morgan fingerprint density at radius 1 is 0.500 bits per heavy atom. The summed E-state index contributed by atoms with van der Waals surface area (Å²) in [7, 11) is 0. The quantitative estimate of drug-likeness (QED) is 0.176. The van der Waals surface area contributed by atoms with Crippen LogP contribution in [-0.4, -0.2) is 15.2 Å². The van der Waals surface area contributed by atoms with Gasteiger partial charge in [0.25, 0.3) is 0 Å². The fourth-order valence-corrected chi connectivity index (χ4v) is 9.69. The number of hydrogen-bond donors (Lipinski definition) is 0. The van der Waals surface area contributed by atoms with Gasteiger partial charge in [0.1, 0.15) is 22.9 Å². The van der Waals surface area contributed by atoms with E-state index in [1.807, 2.05) is 0 Å². The average molecular weight is 748 g/mol. The molecule has 0 spiro atoms. The minimum absolute atomic E-state index is 0.0346. The Bertz CT molecular complexity index is 2880. The molecule has 2 aliphatic rings. The maximum Gasteiger partial charge on any atom is 0.150 e. The van der Waals surface area contributed by atoms with Gasteiger partial charge in [-0.25, -0.2) is 0 Å². The van der Waals surface area contributed by atoms with E-state index < -0.39 is 0 Å². The average Bonchev–Trinajstić information content (AvgIpc) is 3.88. The van der Waals surface area contributed by atoms with E-state index in [0.29, 0.717) is 0 Å². The molecule has 0 fully saturated rings. The zero-order chi connectivity index (χ0) is 31.7. The Labute approximate surface area is 291 Å². The van der Waals surface area contributed by atoms with E-state index in [2.05, 4.69) is 174 Å². The molecule has 6 heteroatoms. The molecule has 3 aromatic heterocycles. The first-order valence-electron chi connectivity index (χ1n) is 16.1. The molecule has 0 saturated heterocycles. The van der Waals surface area contributed by atoms with E-state index >= 15 is 0 Å². The summed E-state index contributed by atoms with van der Waals surface area (Å²) in [6.07, 6.45) is -0.229. The third-order valence-electron chi connectivity index (χ3n) is 10.2. The summed E-state index contributed by atoms with van der Waals surface area (Å²) < 4.78 is 20.0. The van der Waals surface area contributed by atoms with Crippen LogP contribution in [0.2, 0.25) is 0 Å². The zero-order valence-corrected chi connectivity index (χ0v) is 28.5. The zero-order valence-electron chi connectivity index (χ0n) is 25.3. The van der Waals surface area contributed by atoms with Crippen molar-refractivity contribution >= 4 is 95.4 Å². The number of para-hydroxylation sites is 4. The highest BCUT2D eigenvalue weighted by atomic mass is 79.9. The maximum atomic E-state index is 6.66. The van der Waals surface area contributed by atoms with E-state index in [0.717, 1.165) is 53.3 Å². The lowest BCUT2D eigenvalue weighted by Crippen LogP contribution is -2.37. The highest BCUT2D eigenvalue weighted by Gasteiger charge is 2.42. The summed E-state index contributed by atoms with van der Waals surface area (Å²) >= 11 is 8.08. The lowest BCUT2D eigenvalue weighted by atomic mass is 9.90. The van der Waals surface area contributed by atoms with Crippen molar-refractivity contribution < 1.29 is 9.15 Å². The van der Waals surface area contributed by atoms with Gasteiger partial charge < -0.3 is 18.3 Å². The predicted molar refractivity (Wildman–Crippen MR) is 202 cm³/mol. The number of halogens is 2. The van der Waals surface area contributed by atoms with Crippen molar-refractivity contribution in [2.75, 3.05) is 0 Å². The van der Waals surface area contributed by atoms with Gasteiger partial charge in [-0.05, 0) is 76.6 Å². The second-order valence-corrected chi connectivity index (χ2v) is 14.4. The van der Waals surface area contributed by atoms with E-state index in [9.17, 15) is 0 Å². The Hall–Kier alpha value is -5.04. The lowest BCUT2D eigenvalue weighted by Gasteiger charge is -2.21. The summed E-state index contributed by atoms with van der Waals surface area (Å²) in [6, 6.07) is 47.6. The fourth-order valence-electron chi connectivity index (χ4n) is 8.18. The number of hydrogen-bond acceptors (Lipinski definition) is 2. The molecule has 0 amide bonds. The first kappa shape index (κ1) is 27.0. The molecule has 9 aromatic rings. The smallest absolute Gasteiger partial charge is 0.150 e. The summed E-state index contributed by atoms with van der Waals surface area (Å²) in [4.78, 5) is 0.